The Hall–Kier alpha value is -4.28. The second-order valence-electron chi connectivity index (χ2n) is 7.91. The van der Waals surface area contributed by atoms with Crippen LogP contribution in [0.5, 0.6) is 0 Å². The molecule has 4 atom stereocenters. The molecule has 0 saturated carbocycles. The van der Waals surface area contributed by atoms with E-state index in [1.165, 1.54) is 7.05 Å². The van der Waals surface area contributed by atoms with Gasteiger partial charge >= 0.3 is 17.9 Å². The molecule has 0 fully saturated rings. The van der Waals surface area contributed by atoms with E-state index >= 15 is 0 Å². The molecule has 0 aromatic heterocycles. The maximum Gasteiger partial charge on any atom is 0.305 e. The van der Waals surface area contributed by atoms with Crippen LogP contribution < -0.4 is 32.3 Å². The number of nitrogens with one attached hydrogen (secondary N) is 6. The summed E-state index contributed by atoms with van der Waals surface area (Å²) in [4.78, 5) is 83.0. The molecule has 0 heterocycles. The molecule has 208 valence electrons. The highest BCUT2D eigenvalue weighted by Crippen LogP contribution is 2.04. The highest BCUT2D eigenvalue weighted by molar-refractivity contribution is 5.97. The van der Waals surface area contributed by atoms with Gasteiger partial charge < -0.3 is 47.6 Å². The van der Waals surface area contributed by atoms with Crippen molar-refractivity contribution in [1.29, 1.82) is 5.41 Å². The lowest BCUT2D eigenvalue weighted by Gasteiger charge is -2.25. The SMILES string of the molecule is CN[C@@H](CC(=O)O)C(=O)N[C@@H](CCCNC(=N)N)C(=O)N[C@@H](CC(=O)O)C(=O)N[C@@H](CC(=O)O)C(C)=O. The van der Waals surface area contributed by atoms with Crippen LogP contribution in [0.2, 0.25) is 0 Å². The minimum atomic E-state index is -1.74. The molecule has 17 heteroatoms. The second-order valence-corrected chi connectivity index (χ2v) is 7.91. The van der Waals surface area contributed by atoms with Gasteiger partial charge in [0.1, 0.15) is 12.1 Å². The van der Waals surface area contributed by atoms with E-state index in [1.807, 2.05) is 0 Å². The number of nitrogens with two attached hydrogens (primary N) is 1. The monoisotopic (exact) mass is 531 g/mol. The molecular weight excluding hydrogens is 498 g/mol. The molecule has 0 aromatic rings. The number of hydrogen-bond acceptors (Lipinski definition) is 9. The van der Waals surface area contributed by atoms with Crippen LogP contribution >= 0.6 is 0 Å². The number of guanidine groups is 1. The first-order valence-corrected chi connectivity index (χ1v) is 11.0. The lowest BCUT2D eigenvalue weighted by molar-refractivity contribution is -0.143. The molecular formula is C20H33N7O10. The topological polar surface area (TPSA) is 290 Å². The normalized spacial score (nSPS) is 13.7. The molecule has 0 aliphatic carbocycles. The fourth-order valence-corrected chi connectivity index (χ4v) is 2.97. The van der Waals surface area contributed by atoms with Crippen molar-refractivity contribution in [2.24, 2.45) is 5.73 Å². The molecule has 0 bridgehead atoms. The number of aliphatic carboxylic acids is 3. The van der Waals surface area contributed by atoms with E-state index in [4.69, 9.17) is 26.5 Å². The Morgan fingerprint density at radius 1 is 0.730 bits per heavy atom. The van der Waals surface area contributed by atoms with Crippen LogP contribution in [0.15, 0.2) is 0 Å². The van der Waals surface area contributed by atoms with Crippen molar-refractivity contribution < 1.29 is 48.9 Å². The summed E-state index contributed by atoms with van der Waals surface area (Å²) in [5, 5.41) is 45.8. The van der Waals surface area contributed by atoms with Gasteiger partial charge in [-0.15, -0.1) is 0 Å². The fourth-order valence-electron chi connectivity index (χ4n) is 2.97. The number of hydrogen-bond donors (Lipinski definition) is 10. The van der Waals surface area contributed by atoms with Crippen LogP contribution in [0.3, 0.4) is 0 Å². The summed E-state index contributed by atoms with van der Waals surface area (Å²) in [5.41, 5.74) is 5.19. The summed E-state index contributed by atoms with van der Waals surface area (Å²) < 4.78 is 0. The number of carbonyl (C=O) groups is 7. The molecule has 0 rings (SSSR count). The minimum Gasteiger partial charge on any atom is -0.481 e. The number of amides is 3. The summed E-state index contributed by atoms with van der Waals surface area (Å²) in [6.45, 7) is 1.14. The van der Waals surface area contributed by atoms with Gasteiger partial charge in [0.25, 0.3) is 0 Å². The van der Waals surface area contributed by atoms with Crippen LogP contribution in [-0.2, 0) is 33.6 Å². The molecule has 11 N–H and O–H groups in total. The zero-order valence-electron chi connectivity index (χ0n) is 20.3. The van der Waals surface area contributed by atoms with Gasteiger partial charge in [0.05, 0.1) is 31.3 Å². The van der Waals surface area contributed by atoms with E-state index in [9.17, 15) is 33.6 Å². The van der Waals surface area contributed by atoms with Crippen molar-refractivity contribution >= 4 is 47.4 Å². The number of carbonyl (C=O) groups excluding carboxylic acids is 4. The third kappa shape index (κ3) is 14.0. The van der Waals surface area contributed by atoms with Crippen LogP contribution in [0.4, 0.5) is 0 Å². The van der Waals surface area contributed by atoms with E-state index in [0.29, 0.717) is 0 Å². The van der Waals surface area contributed by atoms with Crippen LogP contribution in [-0.4, -0.2) is 100 Å². The van der Waals surface area contributed by atoms with Gasteiger partial charge in [-0.2, -0.15) is 0 Å². The summed E-state index contributed by atoms with van der Waals surface area (Å²) in [6.07, 6.45) is -2.23. The lowest BCUT2D eigenvalue weighted by atomic mass is 10.1. The second kappa shape index (κ2) is 16.4. The van der Waals surface area contributed by atoms with E-state index in [-0.39, 0.29) is 25.3 Å². The molecule has 0 aliphatic heterocycles. The van der Waals surface area contributed by atoms with Gasteiger partial charge in [-0.1, -0.05) is 0 Å². The molecule has 0 saturated heterocycles. The summed E-state index contributed by atoms with van der Waals surface area (Å²) in [5.74, 6) is -8.25. The van der Waals surface area contributed by atoms with Gasteiger partial charge in [0, 0.05) is 6.54 Å². The quantitative estimate of drug-likeness (QED) is 0.0463. The molecule has 0 spiro atoms. The maximum atomic E-state index is 12.9. The van der Waals surface area contributed by atoms with E-state index in [1.54, 1.807) is 0 Å². The van der Waals surface area contributed by atoms with Crippen LogP contribution in [0.1, 0.15) is 39.0 Å². The number of carboxylic acid groups (broad SMARTS) is 3. The average molecular weight is 532 g/mol. The summed E-state index contributed by atoms with van der Waals surface area (Å²) in [6, 6.07) is -5.79. The molecule has 3 amide bonds. The van der Waals surface area contributed by atoms with Crippen molar-refractivity contribution in [2.45, 2.75) is 63.2 Å². The van der Waals surface area contributed by atoms with Crippen molar-refractivity contribution in [1.82, 2.24) is 26.6 Å². The Balaban J connectivity index is 5.72. The molecule has 0 radical (unpaired) electrons. The van der Waals surface area contributed by atoms with Crippen LogP contribution in [0, 0.1) is 5.41 Å². The first-order chi connectivity index (χ1) is 17.2. The molecule has 37 heavy (non-hydrogen) atoms. The number of carboxylic acids is 3. The minimum absolute atomic E-state index is 0.0855. The predicted octanol–water partition coefficient (Wildman–Crippen LogP) is -3.69. The van der Waals surface area contributed by atoms with Crippen molar-refractivity contribution in [3.63, 3.8) is 0 Å². The molecule has 0 unspecified atom stereocenters. The Bertz CT molecular complexity index is 895. The van der Waals surface area contributed by atoms with Gasteiger partial charge in [0.2, 0.25) is 17.7 Å². The smallest absolute Gasteiger partial charge is 0.305 e. The zero-order chi connectivity index (χ0) is 28.7. The summed E-state index contributed by atoms with van der Waals surface area (Å²) in [7, 11) is 1.33. The maximum absolute atomic E-state index is 12.9. The average Bonchev–Trinajstić information content (AvgIpc) is 2.77. The van der Waals surface area contributed by atoms with Gasteiger partial charge in [-0.3, -0.25) is 39.0 Å². The Morgan fingerprint density at radius 3 is 1.59 bits per heavy atom. The van der Waals surface area contributed by atoms with Crippen molar-refractivity contribution in [3.8, 4) is 0 Å². The highest BCUT2D eigenvalue weighted by Gasteiger charge is 2.32. The Kier molecular flexibility index (Phi) is 14.5. The molecule has 0 aliphatic rings. The van der Waals surface area contributed by atoms with Gasteiger partial charge in [0.15, 0.2) is 11.7 Å². The largest absolute Gasteiger partial charge is 0.481 e. The molecule has 17 nitrogen and oxygen atoms in total. The van der Waals surface area contributed by atoms with Crippen LogP contribution in [0.25, 0.3) is 0 Å². The van der Waals surface area contributed by atoms with Crippen molar-refractivity contribution in [3.05, 3.63) is 0 Å². The predicted molar refractivity (Wildman–Crippen MR) is 125 cm³/mol. The Labute approximate surface area is 211 Å². The highest BCUT2D eigenvalue weighted by atomic mass is 16.4. The third-order valence-corrected chi connectivity index (χ3v) is 4.86. The number of ketones is 1. The van der Waals surface area contributed by atoms with E-state index < -0.39 is 84.8 Å². The lowest BCUT2D eigenvalue weighted by Crippen LogP contribution is -2.58. The summed E-state index contributed by atoms with van der Waals surface area (Å²) >= 11 is 0. The Morgan fingerprint density at radius 2 is 1.14 bits per heavy atom. The fraction of sp³-hybridized carbons (Fsp3) is 0.600. The standard InChI is InChI=1S/C20H33N7O10/c1-9(28)11(6-14(29)30)26-19(37)13(8-16(33)34)27-17(35)10(4-3-5-24-20(21)22)25-18(36)12(23-2)7-15(31)32/h10-13,23H,3-8H2,1-2H3,(H,25,36)(H,26,37)(H,27,35)(H,29,30)(H,31,32)(H,33,34)(H4,21,22,24)/t10-,11-,12-,13-/m0/s1. The van der Waals surface area contributed by atoms with E-state index in [0.717, 1.165) is 6.92 Å². The zero-order valence-corrected chi connectivity index (χ0v) is 20.3. The first kappa shape index (κ1) is 32.7. The van der Waals surface area contributed by atoms with Gasteiger partial charge in [-0.05, 0) is 26.8 Å². The first-order valence-electron chi connectivity index (χ1n) is 11.0. The van der Waals surface area contributed by atoms with Crippen molar-refractivity contribution in [2.75, 3.05) is 13.6 Å². The van der Waals surface area contributed by atoms with Gasteiger partial charge in [-0.25, -0.2) is 0 Å². The molecule has 0 aromatic carbocycles. The number of rotatable bonds is 18. The van der Waals surface area contributed by atoms with E-state index in [2.05, 4.69) is 26.6 Å². The third-order valence-electron chi connectivity index (χ3n) is 4.86. The number of likely N-dealkylation sites (N-methyl/N-ethyl adjacent to an activating group) is 1. The number of Topliss-reactive ketones (excluding diaryl/α,β-unsaturated/α-hetero) is 1.